The lowest BCUT2D eigenvalue weighted by Gasteiger charge is -1.97. The first-order valence-corrected chi connectivity index (χ1v) is 7.95. The van der Waals surface area contributed by atoms with E-state index in [1.807, 2.05) is 0 Å². The highest BCUT2D eigenvalue weighted by Crippen LogP contribution is 2.07. The smallest absolute Gasteiger partial charge is 0.303 e. The van der Waals surface area contributed by atoms with Crippen LogP contribution in [0, 0.1) is 0 Å². The lowest BCUT2D eigenvalue weighted by molar-refractivity contribution is -0.137. The van der Waals surface area contributed by atoms with Crippen LogP contribution in [0.4, 0.5) is 0 Å². The van der Waals surface area contributed by atoms with Crippen LogP contribution in [0.3, 0.4) is 0 Å². The molecule has 0 aromatic carbocycles. The normalized spacial score (nSPS) is 12.1. The lowest BCUT2D eigenvalue weighted by atomic mass is 10.1. The van der Waals surface area contributed by atoms with Gasteiger partial charge < -0.3 is 5.11 Å². The number of rotatable bonds is 13. The van der Waals surface area contributed by atoms with E-state index in [-0.39, 0.29) is 0 Å². The van der Waals surface area contributed by atoms with Crippen molar-refractivity contribution in [3.05, 3.63) is 36.5 Å². The van der Waals surface area contributed by atoms with Gasteiger partial charge in [0, 0.05) is 6.42 Å². The zero-order valence-corrected chi connectivity index (χ0v) is 12.9. The van der Waals surface area contributed by atoms with E-state index in [2.05, 4.69) is 43.4 Å². The van der Waals surface area contributed by atoms with Gasteiger partial charge in [-0.3, -0.25) is 4.79 Å². The molecule has 0 atom stereocenters. The number of carboxylic acids is 1. The van der Waals surface area contributed by atoms with E-state index >= 15 is 0 Å². The second-order valence-corrected chi connectivity index (χ2v) is 5.05. The summed E-state index contributed by atoms with van der Waals surface area (Å²) in [6.07, 6.45) is 23.3. The molecule has 0 aromatic rings. The second-order valence-electron chi connectivity index (χ2n) is 5.05. The predicted octanol–water partition coefficient (Wildman–Crippen LogP) is 5.66. The second kappa shape index (κ2) is 15.7. The minimum atomic E-state index is -0.677. The molecule has 20 heavy (non-hydrogen) atoms. The summed E-state index contributed by atoms with van der Waals surface area (Å²) in [5.74, 6) is -0.677. The molecule has 0 spiro atoms. The van der Waals surface area contributed by atoms with Crippen LogP contribution >= 0.6 is 0 Å². The number of hydrogen-bond acceptors (Lipinski definition) is 1. The van der Waals surface area contributed by atoms with Crippen molar-refractivity contribution in [2.45, 2.75) is 71.1 Å². The zero-order chi connectivity index (χ0) is 14.9. The van der Waals surface area contributed by atoms with Gasteiger partial charge in [0.15, 0.2) is 0 Å². The molecule has 0 heterocycles. The van der Waals surface area contributed by atoms with E-state index in [1.165, 1.54) is 25.7 Å². The third-order valence-corrected chi connectivity index (χ3v) is 3.04. The van der Waals surface area contributed by atoms with Crippen molar-refractivity contribution < 1.29 is 9.90 Å². The summed E-state index contributed by atoms with van der Waals surface area (Å²) >= 11 is 0. The maximum atomic E-state index is 10.3. The molecule has 0 rings (SSSR count). The molecule has 0 radical (unpaired) electrons. The van der Waals surface area contributed by atoms with Crippen LogP contribution in [0.1, 0.15) is 71.1 Å². The summed E-state index contributed by atoms with van der Waals surface area (Å²) in [5.41, 5.74) is 0. The monoisotopic (exact) mass is 278 g/mol. The van der Waals surface area contributed by atoms with Gasteiger partial charge in [-0.05, 0) is 32.1 Å². The molecule has 114 valence electrons. The Morgan fingerprint density at radius 3 is 2.30 bits per heavy atom. The van der Waals surface area contributed by atoms with Gasteiger partial charge in [-0.15, -0.1) is 0 Å². The summed E-state index contributed by atoms with van der Waals surface area (Å²) in [4.78, 5) is 10.3. The third-order valence-electron chi connectivity index (χ3n) is 3.04. The molecule has 1 N–H and O–H groups in total. The first kappa shape index (κ1) is 18.7. The van der Waals surface area contributed by atoms with E-state index in [0.717, 1.165) is 32.1 Å². The number of carbonyl (C=O) groups is 1. The Labute approximate surface area is 124 Å². The molecule has 0 unspecified atom stereocenters. The number of carboxylic acid groups (broad SMARTS) is 1. The Morgan fingerprint density at radius 2 is 1.55 bits per heavy atom. The quantitative estimate of drug-likeness (QED) is 0.268. The van der Waals surface area contributed by atoms with Gasteiger partial charge in [0.25, 0.3) is 0 Å². The van der Waals surface area contributed by atoms with Crippen LogP contribution in [0.25, 0.3) is 0 Å². The molecule has 0 saturated carbocycles. The van der Waals surface area contributed by atoms with E-state index < -0.39 is 5.97 Å². The number of hydrogen-bond donors (Lipinski definition) is 1. The Hall–Kier alpha value is -1.31. The minimum Gasteiger partial charge on any atom is -0.481 e. The SMILES string of the molecule is CCC/C=C\C/C=C/C=C\CCCCCCCC(=O)O. The Kier molecular flexibility index (Phi) is 14.7. The Bertz CT molecular complexity index is 301. The molecule has 0 aliphatic heterocycles. The summed E-state index contributed by atoms with van der Waals surface area (Å²) in [6.45, 7) is 2.19. The van der Waals surface area contributed by atoms with Gasteiger partial charge in [0.2, 0.25) is 0 Å². The maximum absolute atomic E-state index is 10.3. The highest BCUT2D eigenvalue weighted by atomic mass is 16.4. The van der Waals surface area contributed by atoms with Crippen molar-refractivity contribution in [1.82, 2.24) is 0 Å². The lowest BCUT2D eigenvalue weighted by Crippen LogP contribution is -1.93. The van der Waals surface area contributed by atoms with Crippen molar-refractivity contribution in [1.29, 1.82) is 0 Å². The van der Waals surface area contributed by atoms with Crippen LogP contribution in [-0.4, -0.2) is 11.1 Å². The van der Waals surface area contributed by atoms with Crippen LogP contribution in [0.5, 0.6) is 0 Å². The number of allylic oxidation sites excluding steroid dienone is 6. The van der Waals surface area contributed by atoms with Crippen LogP contribution in [0.2, 0.25) is 0 Å². The van der Waals surface area contributed by atoms with Crippen molar-refractivity contribution >= 4 is 5.97 Å². The van der Waals surface area contributed by atoms with Crippen LogP contribution in [0.15, 0.2) is 36.5 Å². The molecule has 2 nitrogen and oxygen atoms in total. The molecule has 0 amide bonds. The molecule has 0 aromatic heterocycles. The summed E-state index contributed by atoms with van der Waals surface area (Å²) < 4.78 is 0. The average molecular weight is 278 g/mol. The predicted molar refractivity (Wildman–Crippen MR) is 86.9 cm³/mol. The Balaban J connectivity index is 3.27. The summed E-state index contributed by atoms with van der Waals surface area (Å²) in [5, 5.41) is 8.50. The highest BCUT2D eigenvalue weighted by Gasteiger charge is 1.95. The van der Waals surface area contributed by atoms with Gasteiger partial charge in [0.05, 0.1) is 0 Å². The first-order valence-electron chi connectivity index (χ1n) is 7.95. The largest absolute Gasteiger partial charge is 0.481 e. The Morgan fingerprint density at radius 1 is 0.850 bits per heavy atom. The molecule has 0 bridgehead atoms. The highest BCUT2D eigenvalue weighted by molar-refractivity contribution is 5.66. The topological polar surface area (TPSA) is 37.3 Å². The van der Waals surface area contributed by atoms with Gasteiger partial charge in [-0.1, -0.05) is 69.1 Å². The standard InChI is InChI=1S/C18H30O2/c1-2-3-4-5-6-7-8-9-10-11-12-13-14-15-16-17-18(19)20/h4-5,7-10H,2-3,6,11-17H2,1H3,(H,19,20)/b5-4-,8-7+,10-9-. The fourth-order valence-corrected chi connectivity index (χ4v) is 1.86. The van der Waals surface area contributed by atoms with E-state index in [0.29, 0.717) is 6.42 Å². The fraction of sp³-hybridized carbons (Fsp3) is 0.611. The van der Waals surface area contributed by atoms with Crippen molar-refractivity contribution in [2.75, 3.05) is 0 Å². The fourth-order valence-electron chi connectivity index (χ4n) is 1.86. The molecular weight excluding hydrogens is 248 g/mol. The molecule has 0 saturated heterocycles. The van der Waals surface area contributed by atoms with Crippen molar-refractivity contribution in [3.63, 3.8) is 0 Å². The average Bonchev–Trinajstić information content (AvgIpc) is 2.43. The van der Waals surface area contributed by atoms with Crippen molar-refractivity contribution in [3.8, 4) is 0 Å². The molecule has 0 aliphatic carbocycles. The summed E-state index contributed by atoms with van der Waals surface area (Å²) in [7, 11) is 0. The van der Waals surface area contributed by atoms with E-state index in [4.69, 9.17) is 5.11 Å². The maximum Gasteiger partial charge on any atom is 0.303 e. The van der Waals surface area contributed by atoms with E-state index in [9.17, 15) is 4.79 Å². The van der Waals surface area contributed by atoms with Crippen molar-refractivity contribution in [2.24, 2.45) is 0 Å². The van der Waals surface area contributed by atoms with Gasteiger partial charge in [-0.25, -0.2) is 0 Å². The van der Waals surface area contributed by atoms with Crippen LogP contribution in [-0.2, 0) is 4.79 Å². The molecule has 0 fully saturated rings. The van der Waals surface area contributed by atoms with E-state index in [1.54, 1.807) is 0 Å². The summed E-state index contributed by atoms with van der Waals surface area (Å²) in [6, 6.07) is 0. The molecule has 0 aliphatic rings. The minimum absolute atomic E-state index is 0.317. The van der Waals surface area contributed by atoms with Crippen LogP contribution < -0.4 is 0 Å². The van der Waals surface area contributed by atoms with Gasteiger partial charge in [0.1, 0.15) is 0 Å². The third kappa shape index (κ3) is 16.7. The zero-order valence-electron chi connectivity index (χ0n) is 12.9. The first-order chi connectivity index (χ1) is 9.77. The number of unbranched alkanes of at least 4 members (excludes halogenated alkanes) is 6. The molecule has 2 heteroatoms. The van der Waals surface area contributed by atoms with Gasteiger partial charge in [-0.2, -0.15) is 0 Å². The number of aliphatic carboxylic acids is 1. The van der Waals surface area contributed by atoms with Gasteiger partial charge >= 0.3 is 5.97 Å². The molecular formula is C18H30O2.